The van der Waals surface area contributed by atoms with Gasteiger partial charge in [-0.25, -0.2) is 4.79 Å². The topological polar surface area (TPSA) is 73.9 Å². The van der Waals surface area contributed by atoms with E-state index in [2.05, 4.69) is 5.32 Å². The van der Waals surface area contributed by atoms with E-state index in [1.54, 1.807) is 27.7 Å². The van der Waals surface area contributed by atoms with Crippen molar-refractivity contribution in [1.29, 1.82) is 0 Å². The molecule has 0 aromatic heterocycles. The lowest BCUT2D eigenvalue weighted by Crippen LogP contribution is -2.33. The van der Waals surface area contributed by atoms with Crippen molar-refractivity contribution < 1.29 is 23.8 Å². The highest BCUT2D eigenvalue weighted by Crippen LogP contribution is 2.19. The summed E-state index contributed by atoms with van der Waals surface area (Å²) in [6, 6.07) is 0. The van der Waals surface area contributed by atoms with Gasteiger partial charge < -0.3 is 14.2 Å². The minimum Gasteiger partial charge on any atom is -0.464 e. The standard InChI is InChI=1S/C13H23NO5/c1-5-17-11(15)8-18-9-6-10(14-7-9)19-12(16)13(2,3)4/h9-10,14H,5-8H2,1-4H3/t9-,10?/m1/s1. The maximum absolute atomic E-state index is 11.7. The molecule has 0 spiro atoms. The molecule has 0 saturated carbocycles. The van der Waals surface area contributed by atoms with Crippen molar-refractivity contribution in [3.63, 3.8) is 0 Å². The minimum absolute atomic E-state index is 0.0693. The van der Waals surface area contributed by atoms with Crippen LogP contribution in [0, 0.1) is 5.41 Å². The number of carbonyl (C=O) groups is 2. The van der Waals surface area contributed by atoms with Crippen LogP contribution in [0.3, 0.4) is 0 Å². The van der Waals surface area contributed by atoms with Gasteiger partial charge in [-0.1, -0.05) is 0 Å². The SMILES string of the molecule is CCOC(=O)CO[C@H]1CNC(OC(=O)C(C)(C)C)C1. The smallest absolute Gasteiger partial charge is 0.332 e. The molecule has 6 heteroatoms. The summed E-state index contributed by atoms with van der Waals surface area (Å²) in [7, 11) is 0. The van der Waals surface area contributed by atoms with Crippen LogP contribution in [0.25, 0.3) is 0 Å². The molecule has 2 atom stereocenters. The summed E-state index contributed by atoms with van der Waals surface area (Å²) in [4.78, 5) is 22.8. The quantitative estimate of drug-likeness (QED) is 0.748. The van der Waals surface area contributed by atoms with E-state index in [1.807, 2.05) is 0 Å². The zero-order valence-corrected chi connectivity index (χ0v) is 12.0. The average Bonchev–Trinajstić information content (AvgIpc) is 2.73. The highest BCUT2D eigenvalue weighted by molar-refractivity contribution is 5.75. The second-order valence-corrected chi connectivity index (χ2v) is 5.53. The maximum atomic E-state index is 11.7. The predicted molar refractivity (Wildman–Crippen MR) is 68.3 cm³/mol. The van der Waals surface area contributed by atoms with Gasteiger partial charge in [0.15, 0.2) is 6.23 Å². The summed E-state index contributed by atoms with van der Waals surface area (Å²) < 4.78 is 15.5. The van der Waals surface area contributed by atoms with Gasteiger partial charge in [0, 0.05) is 13.0 Å². The molecular weight excluding hydrogens is 250 g/mol. The Labute approximate surface area is 113 Å². The number of rotatable bonds is 5. The summed E-state index contributed by atoms with van der Waals surface area (Å²) in [5, 5.41) is 3.05. The summed E-state index contributed by atoms with van der Waals surface area (Å²) in [5.74, 6) is -0.631. The van der Waals surface area contributed by atoms with Crippen LogP contribution in [0.2, 0.25) is 0 Å². The first-order valence-corrected chi connectivity index (χ1v) is 6.54. The van der Waals surface area contributed by atoms with E-state index < -0.39 is 5.41 Å². The van der Waals surface area contributed by atoms with Crippen molar-refractivity contribution in [3.05, 3.63) is 0 Å². The van der Waals surface area contributed by atoms with E-state index in [0.29, 0.717) is 19.6 Å². The fourth-order valence-corrected chi connectivity index (χ4v) is 1.58. The van der Waals surface area contributed by atoms with Crippen LogP contribution in [-0.2, 0) is 23.8 Å². The largest absolute Gasteiger partial charge is 0.464 e. The first-order chi connectivity index (χ1) is 8.82. The van der Waals surface area contributed by atoms with Crippen LogP contribution in [0.15, 0.2) is 0 Å². The first-order valence-electron chi connectivity index (χ1n) is 6.54. The summed E-state index contributed by atoms with van der Waals surface area (Å²) >= 11 is 0. The van der Waals surface area contributed by atoms with Crippen LogP contribution in [0.1, 0.15) is 34.1 Å². The molecule has 0 aromatic rings. The van der Waals surface area contributed by atoms with Crippen molar-refractivity contribution in [2.75, 3.05) is 19.8 Å². The van der Waals surface area contributed by atoms with Gasteiger partial charge in [0.2, 0.25) is 0 Å². The zero-order chi connectivity index (χ0) is 14.5. The number of hydrogen-bond donors (Lipinski definition) is 1. The van der Waals surface area contributed by atoms with Gasteiger partial charge >= 0.3 is 11.9 Å². The average molecular weight is 273 g/mol. The Balaban J connectivity index is 2.26. The number of hydrogen-bond acceptors (Lipinski definition) is 6. The second kappa shape index (κ2) is 6.86. The fraction of sp³-hybridized carbons (Fsp3) is 0.846. The van der Waals surface area contributed by atoms with Gasteiger partial charge in [-0.3, -0.25) is 10.1 Å². The molecule has 1 rings (SSSR count). The van der Waals surface area contributed by atoms with Gasteiger partial charge in [-0.15, -0.1) is 0 Å². The summed E-state index contributed by atoms with van der Waals surface area (Å²) in [6.45, 7) is 7.99. The van der Waals surface area contributed by atoms with Gasteiger partial charge in [-0.05, 0) is 27.7 Å². The molecule has 0 amide bonds. The predicted octanol–water partition coefficient (Wildman–Crippen LogP) is 0.843. The lowest BCUT2D eigenvalue weighted by atomic mass is 9.97. The number of esters is 2. The molecule has 0 aliphatic carbocycles. The fourth-order valence-electron chi connectivity index (χ4n) is 1.58. The Morgan fingerprint density at radius 3 is 2.58 bits per heavy atom. The molecule has 1 unspecified atom stereocenters. The second-order valence-electron chi connectivity index (χ2n) is 5.53. The normalized spacial score (nSPS) is 23.2. The Hall–Kier alpha value is -1.14. The molecule has 0 bridgehead atoms. The first kappa shape index (κ1) is 15.9. The number of nitrogens with one attached hydrogen (secondary N) is 1. The van der Waals surface area contributed by atoms with E-state index in [-0.39, 0.29) is 30.9 Å². The summed E-state index contributed by atoms with van der Waals surface area (Å²) in [5.41, 5.74) is -0.522. The van der Waals surface area contributed by atoms with E-state index in [0.717, 1.165) is 0 Å². The van der Waals surface area contributed by atoms with E-state index in [1.165, 1.54) is 0 Å². The van der Waals surface area contributed by atoms with E-state index in [9.17, 15) is 9.59 Å². The molecule has 0 aromatic carbocycles. The van der Waals surface area contributed by atoms with Crippen LogP contribution in [-0.4, -0.2) is 44.0 Å². The monoisotopic (exact) mass is 273 g/mol. The van der Waals surface area contributed by atoms with Gasteiger partial charge in [0.25, 0.3) is 0 Å². The molecule has 6 nitrogen and oxygen atoms in total. The highest BCUT2D eigenvalue weighted by Gasteiger charge is 2.31. The zero-order valence-electron chi connectivity index (χ0n) is 12.0. The third kappa shape index (κ3) is 5.57. The van der Waals surface area contributed by atoms with Gasteiger partial charge in [0.1, 0.15) is 6.61 Å². The lowest BCUT2D eigenvalue weighted by Gasteiger charge is -2.20. The third-order valence-corrected chi connectivity index (χ3v) is 2.65. The van der Waals surface area contributed by atoms with Crippen LogP contribution in [0.5, 0.6) is 0 Å². The number of ether oxygens (including phenoxy) is 3. The Morgan fingerprint density at radius 1 is 1.32 bits per heavy atom. The molecule has 0 radical (unpaired) electrons. The number of carbonyl (C=O) groups excluding carboxylic acids is 2. The maximum Gasteiger partial charge on any atom is 0.332 e. The van der Waals surface area contributed by atoms with E-state index in [4.69, 9.17) is 14.2 Å². The molecule has 1 N–H and O–H groups in total. The minimum atomic E-state index is -0.522. The molecule has 1 heterocycles. The van der Waals surface area contributed by atoms with Gasteiger partial charge in [0.05, 0.1) is 18.1 Å². The van der Waals surface area contributed by atoms with Crippen LogP contribution < -0.4 is 5.32 Å². The Bertz CT molecular complexity index is 323. The molecule has 1 aliphatic heterocycles. The van der Waals surface area contributed by atoms with Crippen molar-refractivity contribution in [1.82, 2.24) is 5.32 Å². The van der Waals surface area contributed by atoms with Crippen molar-refractivity contribution >= 4 is 11.9 Å². The molecule has 1 saturated heterocycles. The third-order valence-electron chi connectivity index (χ3n) is 2.65. The Kier molecular flexibility index (Phi) is 5.75. The molecule has 1 fully saturated rings. The van der Waals surface area contributed by atoms with Crippen molar-refractivity contribution in [2.24, 2.45) is 5.41 Å². The Morgan fingerprint density at radius 2 is 2.00 bits per heavy atom. The van der Waals surface area contributed by atoms with Crippen LogP contribution >= 0.6 is 0 Å². The molecular formula is C13H23NO5. The lowest BCUT2D eigenvalue weighted by molar-refractivity contribution is -0.160. The molecule has 1 aliphatic rings. The molecule has 19 heavy (non-hydrogen) atoms. The highest BCUT2D eigenvalue weighted by atomic mass is 16.6. The van der Waals surface area contributed by atoms with Gasteiger partial charge in [-0.2, -0.15) is 0 Å². The van der Waals surface area contributed by atoms with E-state index >= 15 is 0 Å². The van der Waals surface area contributed by atoms with Crippen molar-refractivity contribution in [3.8, 4) is 0 Å². The molecule has 110 valence electrons. The summed E-state index contributed by atoms with van der Waals surface area (Å²) in [6.07, 6.45) is 0.0578. The van der Waals surface area contributed by atoms with Crippen LogP contribution in [0.4, 0.5) is 0 Å². The van der Waals surface area contributed by atoms with Crippen molar-refractivity contribution in [2.45, 2.75) is 46.4 Å².